The summed E-state index contributed by atoms with van der Waals surface area (Å²) in [6.45, 7) is 2.93. The zero-order valence-electron chi connectivity index (χ0n) is 18.6. The second kappa shape index (κ2) is 11.2. The summed E-state index contributed by atoms with van der Waals surface area (Å²) in [6.07, 6.45) is 2.76. The first kappa shape index (κ1) is 22.4. The molecule has 3 aromatic rings. The van der Waals surface area contributed by atoms with Crippen LogP contribution >= 0.6 is 0 Å². The Bertz CT molecular complexity index is 1040. The molecule has 0 atom stereocenters. The summed E-state index contributed by atoms with van der Waals surface area (Å²) in [5, 5.41) is 5.82. The van der Waals surface area contributed by atoms with Gasteiger partial charge in [0.05, 0.1) is 13.0 Å². The van der Waals surface area contributed by atoms with Gasteiger partial charge in [0.2, 0.25) is 5.91 Å². The van der Waals surface area contributed by atoms with Crippen LogP contribution in [0.2, 0.25) is 0 Å². The molecular weight excluding hydrogens is 414 g/mol. The highest BCUT2D eigenvalue weighted by Gasteiger charge is 2.12. The second-order valence-electron chi connectivity index (χ2n) is 8.08. The lowest BCUT2D eigenvalue weighted by molar-refractivity contribution is -0.121. The number of hydrogen-bond acceptors (Lipinski definition) is 4. The van der Waals surface area contributed by atoms with Gasteiger partial charge in [-0.2, -0.15) is 0 Å². The van der Waals surface area contributed by atoms with Crippen LogP contribution in [0.15, 0.2) is 78.9 Å². The van der Waals surface area contributed by atoms with E-state index in [0.29, 0.717) is 18.7 Å². The molecule has 0 saturated carbocycles. The number of amides is 2. The molecule has 1 heterocycles. The zero-order chi connectivity index (χ0) is 22.9. The van der Waals surface area contributed by atoms with Gasteiger partial charge in [-0.05, 0) is 66.9 Å². The first-order valence-corrected chi connectivity index (χ1v) is 11.4. The molecule has 0 spiro atoms. The van der Waals surface area contributed by atoms with Gasteiger partial charge in [0.1, 0.15) is 5.75 Å². The van der Waals surface area contributed by atoms with E-state index in [1.807, 2.05) is 54.6 Å². The van der Waals surface area contributed by atoms with E-state index in [9.17, 15) is 9.59 Å². The zero-order valence-corrected chi connectivity index (χ0v) is 18.6. The number of carbonyl (C=O) groups is 2. The molecule has 1 aliphatic rings. The molecular formula is C27H29N3O3. The first-order chi connectivity index (χ1) is 16.2. The lowest BCUT2D eigenvalue weighted by atomic mass is 10.1. The lowest BCUT2D eigenvalue weighted by Gasteiger charge is -2.17. The normalized spacial score (nSPS) is 12.9. The van der Waals surface area contributed by atoms with E-state index in [-0.39, 0.29) is 18.2 Å². The minimum absolute atomic E-state index is 0.0786. The van der Waals surface area contributed by atoms with Gasteiger partial charge in [-0.15, -0.1) is 0 Å². The molecule has 4 rings (SSSR count). The summed E-state index contributed by atoms with van der Waals surface area (Å²) in [7, 11) is 0. The molecule has 1 saturated heterocycles. The standard InChI is InChI=1S/C27H29N3O3/c31-26(16-19-33-25-6-2-1-3-7-25)28-20-21-8-10-22(11-9-21)27(32)29-23-12-14-24(15-13-23)30-17-4-5-18-30/h1-3,6-15H,4-5,16-20H2,(H,28,31)(H,29,32). The number of carbonyl (C=O) groups excluding carboxylic acids is 2. The van der Waals surface area contributed by atoms with Crippen LogP contribution in [-0.4, -0.2) is 31.5 Å². The molecule has 1 aliphatic heterocycles. The summed E-state index contributed by atoms with van der Waals surface area (Å²) < 4.78 is 5.54. The Balaban J connectivity index is 1.20. The van der Waals surface area contributed by atoms with Gasteiger partial charge >= 0.3 is 0 Å². The van der Waals surface area contributed by atoms with Crippen molar-refractivity contribution in [2.75, 3.05) is 29.9 Å². The SMILES string of the molecule is O=C(CCOc1ccccc1)NCc1ccc(C(=O)Nc2ccc(N3CCCC3)cc2)cc1. The van der Waals surface area contributed by atoms with Crippen molar-refractivity contribution in [3.05, 3.63) is 90.0 Å². The number of anilines is 2. The maximum atomic E-state index is 12.6. The summed E-state index contributed by atoms with van der Waals surface area (Å²) >= 11 is 0. The average molecular weight is 444 g/mol. The van der Waals surface area contributed by atoms with Crippen molar-refractivity contribution in [2.45, 2.75) is 25.8 Å². The summed E-state index contributed by atoms with van der Waals surface area (Å²) in [5.74, 6) is 0.518. The topological polar surface area (TPSA) is 70.7 Å². The highest BCUT2D eigenvalue weighted by atomic mass is 16.5. The second-order valence-corrected chi connectivity index (χ2v) is 8.08. The molecule has 0 aromatic heterocycles. The molecule has 170 valence electrons. The van der Waals surface area contributed by atoms with Crippen LogP contribution in [-0.2, 0) is 11.3 Å². The maximum Gasteiger partial charge on any atom is 0.255 e. The van der Waals surface area contributed by atoms with Crippen LogP contribution in [0, 0.1) is 0 Å². The van der Waals surface area contributed by atoms with E-state index < -0.39 is 0 Å². The van der Waals surface area contributed by atoms with Crippen LogP contribution < -0.4 is 20.3 Å². The van der Waals surface area contributed by atoms with E-state index in [2.05, 4.69) is 27.7 Å². The van der Waals surface area contributed by atoms with Crippen LogP contribution in [0.25, 0.3) is 0 Å². The van der Waals surface area contributed by atoms with E-state index in [4.69, 9.17) is 4.74 Å². The van der Waals surface area contributed by atoms with Crippen LogP contribution in [0.5, 0.6) is 5.75 Å². The van der Waals surface area contributed by atoms with Crippen molar-refractivity contribution in [3.63, 3.8) is 0 Å². The van der Waals surface area contributed by atoms with Gasteiger partial charge in [-0.25, -0.2) is 0 Å². The Morgan fingerprint density at radius 3 is 2.24 bits per heavy atom. The fraction of sp³-hybridized carbons (Fsp3) is 0.259. The van der Waals surface area contributed by atoms with Gasteiger partial charge in [0, 0.05) is 36.6 Å². The molecule has 0 bridgehead atoms. The minimum atomic E-state index is -0.155. The smallest absolute Gasteiger partial charge is 0.255 e. The number of benzene rings is 3. The molecule has 2 amide bonds. The van der Waals surface area contributed by atoms with Gasteiger partial charge in [0.25, 0.3) is 5.91 Å². The quantitative estimate of drug-likeness (QED) is 0.506. The third kappa shape index (κ3) is 6.59. The summed E-state index contributed by atoms with van der Waals surface area (Å²) in [6, 6.07) is 24.7. The van der Waals surface area contributed by atoms with Crippen LogP contribution in [0.4, 0.5) is 11.4 Å². The van der Waals surface area contributed by atoms with E-state index in [0.717, 1.165) is 30.1 Å². The Kier molecular flexibility index (Phi) is 7.59. The van der Waals surface area contributed by atoms with Crippen molar-refractivity contribution in [2.24, 2.45) is 0 Å². The molecule has 6 heteroatoms. The molecule has 2 N–H and O–H groups in total. The Morgan fingerprint density at radius 2 is 1.55 bits per heavy atom. The molecule has 0 unspecified atom stereocenters. The van der Waals surface area contributed by atoms with Crippen molar-refractivity contribution in [3.8, 4) is 5.75 Å². The molecule has 3 aromatic carbocycles. The van der Waals surface area contributed by atoms with Crippen molar-refractivity contribution in [1.82, 2.24) is 5.32 Å². The third-order valence-corrected chi connectivity index (χ3v) is 5.64. The Hall–Kier alpha value is -3.80. The van der Waals surface area contributed by atoms with E-state index in [1.54, 1.807) is 12.1 Å². The average Bonchev–Trinajstić information content (AvgIpc) is 3.39. The van der Waals surface area contributed by atoms with Gasteiger partial charge < -0.3 is 20.3 Å². The minimum Gasteiger partial charge on any atom is -0.493 e. The van der Waals surface area contributed by atoms with Crippen LogP contribution in [0.3, 0.4) is 0 Å². The predicted molar refractivity (Wildman–Crippen MR) is 131 cm³/mol. The maximum absolute atomic E-state index is 12.6. The highest BCUT2D eigenvalue weighted by molar-refractivity contribution is 6.04. The molecule has 33 heavy (non-hydrogen) atoms. The highest BCUT2D eigenvalue weighted by Crippen LogP contribution is 2.22. The van der Waals surface area contributed by atoms with Crippen LogP contribution in [0.1, 0.15) is 35.2 Å². The molecule has 1 fully saturated rings. The first-order valence-electron chi connectivity index (χ1n) is 11.4. The van der Waals surface area contributed by atoms with Crippen molar-refractivity contribution in [1.29, 1.82) is 0 Å². The largest absolute Gasteiger partial charge is 0.493 e. The van der Waals surface area contributed by atoms with Crippen molar-refractivity contribution >= 4 is 23.2 Å². The van der Waals surface area contributed by atoms with Gasteiger partial charge in [0.15, 0.2) is 0 Å². The van der Waals surface area contributed by atoms with Gasteiger partial charge in [-0.1, -0.05) is 30.3 Å². The fourth-order valence-electron chi connectivity index (χ4n) is 3.78. The van der Waals surface area contributed by atoms with Crippen molar-refractivity contribution < 1.29 is 14.3 Å². The lowest BCUT2D eigenvalue weighted by Crippen LogP contribution is -2.24. The number of ether oxygens (including phenoxy) is 1. The Morgan fingerprint density at radius 1 is 0.848 bits per heavy atom. The third-order valence-electron chi connectivity index (χ3n) is 5.64. The van der Waals surface area contributed by atoms with E-state index >= 15 is 0 Å². The number of rotatable bonds is 9. The summed E-state index contributed by atoms with van der Waals surface area (Å²) in [5.41, 5.74) is 3.48. The number of nitrogens with one attached hydrogen (secondary N) is 2. The molecule has 6 nitrogen and oxygen atoms in total. The number of para-hydroxylation sites is 1. The monoisotopic (exact) mass is 443 g/mol. The van der Waals surface area contributed by atoms with Gasteiger partial charge in [-0.3, -0.25) is 9.59 Å². The molecule has 0 radical (unpaired) electrons. The number of hydrogen-bond donors (Lipinski definition) is 2. The summed E-state index contributed by atoms with van der Waals surface area (Å²) in [4.78, 5) is 27.0. The fourth-order valence-corrected chi connectivity index (χ4v) is 3.78. The Labute approximate surface area is 194 Å². The predicted octanol–water partition coefficient (Wildman–Crippen LogP) is 4.62. The van der Waals surface area contributed by atoms with E-state index in [1.165, 1.54) is 18.5 Å². The molecule has 0 aliphatic carbocycles. The number of nitrogens with zero attached hydrogens (tertiary/aromatic N) is 1.